The number of ether oxygens (including phenoxy) is 1. The van der Waals surface area contributed by atoms with Gasteiger partial charge in [-0.1, -0.05) is 6.04 Å². The maximum absolute atomic E-state index is 10.8. The number of methoxy groups -OCH3 is 1. The van der Waals surface area contributed by atoms with E-state index in [2.05, 4.69) is 4.74 Å². The van der Waals surface area contributed by atoms with Gasteiger partial charge in [-0.15, -0.1) is 0 Å². The molecule has 2 N–H and O–H groups in total. The standard InChI is InChI=1S/C9H10O4/c1-13-8-4-6(5-9(11)12)2-3-7(8)10/h2-4,10H,5H2,1H3,(H,11,12)/i2D,3D,4D,5D2. The number of carboxylic acid groups (broad SMARTS) is 1. The third kappa shape index (κ3) is 2.37. The van der Waals surface area contributed by atoms with Crippen molar-refractivity contribution in [2.75, 3.05) is 7.11 Å². The van der Waals surface area contributed by atoms with Gasteiger partial charge in [-0.2, -0.15) is 0 Å². The number of rotatable bonds is 3. The Morgan fingerprint density at radius 2 is 2.46 bits per heavy atom. The molecule has 0 radical (unpaired) electrons. The summed E-state index contributed by atoms with van der Waals surface area (Å²) in [5, 5.41) is 18.2. The number of benzene rings is 1. The highest BCUT2D eigenvalue weighted by Gasteiger charge is 2.05. The summed E-state index contributed by atoms with van der Waals surface area (Å²) >= 11 is 0. The number of aliphatic carboxylic acids is 1. The average Bonchev–Trinajstić information content (AvgIpc) is 2.26. The van der Waals surface area contributed by atoms with Crippen LogP contribution in [0.1, 0.15) is 12.4 Å². The summed E-state index contributed by atoms with van der Waals surface area (Å²) in [5.41, 5.74) is -0.824. The molecule has 0 bridgehead atoms. The van der Waals surface area contributed by atoms with Gasteiger partial charge in [0.1, 0.15) is 0 Å². The van der Waals surface area contributed by atoms with Crippen LogP contribution in [-0.2, 0) is 11.2 Å². The average molecular weight is 187 g/mol. The number of aromatic hydroxyl groups is 1. The third-order valence-corrected chi connectivity index (χ3v) is 1.20. The van der Waals surface area contributed by atoms with Crippen molar-refractivity contribution in [2.24, 2.45) is 0 Å². The van der Waals surface area contributed by atoms with Crippen LogP contribution in [0.3, 0.4) is 0 Å². The molecule has 0 fully saturated rings. The van der Waals surface area contributed by atoms with E-state index in [0.29, 0.717) is 0 Å². The Labute approximate surface area is 82.4 Å². The minimum Gasteiger partial charge on any atom is -0.504 e. The topological polar surface area (TPSA) is 66.8 Å². The van der Waals surface area contributed by atoms with E-state index in [1.807, 2.05) is 0 Å². The molecule has 0 spiro atoms. The van der Waals surface area contributed by atoms with Crippen molar-refractivity contribution in [1.82, 2.24) is 0 Å². The molecule has 70 valence electrons. The first-order chi connectivity index (χ1) is 8.16. The second-order valence-electron chi connectivity index (χ2n) is 2.06. The van der Waals surface area contributed by atoms with Crippen molar-refractivity contribution in [3.63, 3.8) is 0 Å². The number of hydrogen-bond acceptors (Lipinski definition) is 3. The fourth-order valence-corrected chi connectivity index (χ4v) is 0.700. The van der Waals surface area contributed by atoms with Gasteiger partial charge in [-0.25, -0.2) is 0 Å². The highest BCUT2D eigenvalue weighted by molar-refractivity contribution is 5.70. The molecular formula is C9H10O4. The maximum atomic E-state index is 10.8. The molecular weight excluding hydrogens is 172 g/mol. The molecule has 0 saturated heterocycles. The molecule has 0 saturated carbocycles. The van der Waals surface area contributed by atoms with Crippen LogP contribution in [0.25, 0.3) is 0 Å². The van der Waals surface area contributed by atoms with Gasteiger partial charge in [-0.3, -0.25) is 4.79 Å². The predicted octanol–water partition coefficient (Wildman–Crippen LogP) is 1.03. The zero-order valence-electron chi connectivity index (χ0n) is 11.7. The molecule has 0 atom stereocenters. The van der Waals surface area contributed by atoms with Crippen LogP contribution in [0.15, 0.2) is 18.1 Å². The quantitative estimate of drug-likeness (QED) is 0.741. The van der Waals surface area contributed by atoms with Crippen molar-refractivity contribution in [3.8, 4) is 11.5 Å². The Morgan fingerprint density at radius 3 is 3.00 bits per heavy atom. The SMILES string of the molecule is [2H]c1c([2H])c(C([2H])([2H])C(=O)O)c([2H])c(OC)c1O. The predicted molar refractivity (Wildman–Crippen MR) is 46.0 cm³/mol. The van der Waals surface area contributed by atoms with E-state index in [-0.39, 0.29) is 0 Å². The number of phenols is 1. The summed E-state index contributed by atoms with van der Waals surface area (Å²) in [4.78, 5) is 10.8. The summed E-state index contributed by atoms with van der Waals surface area (Å²) in [7, 11) is 1.08. The van der Waals surface area contributed by atoms with Gasteiger partial charge in [0.25, 0.3) is 0 Å². The van der Waals surface area contributed by atoms with Gasteiger partial charge in [0.05, 0.1) is 17.6 Å². The minimum absolute atomic E-state index is 0.531. The Bertz CT molecular complexity index is 514. The van der Waals surface area contributed by atoms with E-state index >= 15 is 0 Å². The van der Waals surface area contributed by atoms with E-state index in [1.54, 1.807) is 0 Å². The van der Waals surface area contributed by atoms with Crippen molar-refractivity contribution in [3.05, 3.63) is 23.7 Å². The van der Waals surface area contributed by atoms with Gasteiger partial charge in [0, 0.05) is 2.74 Å². The van der Waals surface area contributed by atoms with E-state index in [9.17, 15) is 9.90 Å². The lowest BCUT2D eigenvalue weighted by Crippen LogP contribution is -2.00. The summed E-state index contributed by atoms with van der Waals surface area (Å²) in [5.74, 6) is -3.22. The maximum Gasteiger partial charge on any atom is 0.307 e. The summed E-state index contributed by atoms with van der Waals surface area (Å²) < 4.78 is 41.8. The van der Waals surface area contributed by atoms with Crippen molar-refractivity contribution in [2.45, 2.75) is 6.37 Å². The van der Waals surface area contributed by atoms with Gasteiger partial charge < -0.3 is 14.9 Å². The molecule has 0 heterocycles. The molecule has 0 aliphatic heterocycles. The zero-order valence-corrected chi connectivity index (χ0v) is 6.71. The van der Waals surface area contributed by atoms with Crippen molar-refractivity contribution in [1.29, 1.82) is 0 Å². The molecule has 0 aliphatic carbocycles. The van der Waals surface area contributed by atoms with Crippen LogP contribution in [0.2, 0.25) is 0 Å². The Hall–Kier alpha value is -1.71. The molecule has 0 amide bonds. The van der Waals surface area contributed by atoms with E-state index in [1.165, 1.54) is 0 Å². The number of phenolic OH excluding ortho intramolecular Hbond substituents is 1. The Kier molecular flexibility index (Phi) is 1.32. The first-order valence-corrected chi connectivity index (χ1v) is 3.26. The van der Waals surface area contributed by atoms with Crippen LogP contribution in [-0.4, -0.2) is 23.3 Å². The van der Waals surface area contributed by atoms with Crippen LogP contribution < -0.4 is 4.74 Å². The first-order valence-electron chi connectivity index (χ1n) is 5.76. The lowest BCUT2D eigenvalue weighted by Gasteiger charge is -2.04. The minimum atomic E-state index is -3.02. The Balaban J connectivity index is 3.75. The number of carbonyl (C=O) groups is 1. The second kappa shape index (κ2) is 3.80. The fraction of sp³-hybridized carbons (Fsp3) is 0.222. The zero-order chi connectivity index (χ0) is 14.2. The second-order valence-corrected chi connectivity index (χ2v) is 2.06. The van der Waals surface area contributed by atoms with Crippen LogP contribution in [0, 0.1) is 0 Å². The van der Waals surface area contributed by atoms with Crippen LogP contribution in [0.5, 0.6) is 11.5 Å². The van der Waals surface area contributed by atoms with E-state index in [0.717, 1.165) is 7.11 Å². The molecule has 4 nitrogen and oxygen atoms in total. The van der Waals surface area contributed by atoms with Crippen LogP contribution in [0.4, 0.5) is 0 Å². The fourth-order valence-electron chi connectivity index (χ4n) is 0.700. The third-order valence-electron chi connectivity index (χ3n) is 1.20. The lowest BCUT2D eigenvalue weighted by molar-refractivity contribution is -0.136. The Morgan fingerprint density at radius 1 is 1.77 bits per heavy atom. The molecule has 1 rings (SSSR count). The summed E-state index contributed by atoms with van der Waals surface area (Å²) in [6.45, 7) is 0. The van der Waals surface area contributed by atoms with Gasteiger partial charge in [-0.05, 0) is 17.6 Å². The lowest BCUT2D eigenvalue weighted by atomic mass is 10.1. The van der Waals surface area contributed by atoms with Crippen molar-refractivity contribution < 1.29 is 26.6 Å². The molecule has 4 heteroatoms. The van der Waals surface area contributed by atoms with Crippen LogP contribution >= 0.6 is 0 Å². The largest absolute Gasteiger partial charge is 0.504 e. The first kappa shape index (κ1) is 4.50. The van der Waals surface area contributed by atoms with Gasteiger partial charge >= 0.3 is 5.97 Å². The normalized spacial score (nSPS) is 16.2. The summed E-state index contributed by atoms with van der Waals surface area (Å²) in [6, 6.07) is -2.41. The highest BCUT2D eigenvalue weighted by Crippen LogP contribution is 2.26. The molecule has 0 unspecified atom stereocenters. The van der Waals surface area contributed by atoms with Gasteiger partial charge in [0.15, 0.2) is 11.5 Å². The van der Waals surface area contributed by atoms with Gasteiger partial charge in [0.2, 0.25) is 0 Å². The van der Waals surface area contributed by atoms with E-state index < -0.39 is 47.5 Å². The molecule has 0 aliphatic rings. The number of hydrogen-bond donors (Lipinski definition) is 2. The summed E-state index contributed by atoms with van der Waals surface area (Å²) in [6.07, 6.45) is -3.02. The van der Waals surface area contributed by atoms with E-state index in [4.69, 9.17) is 12.0 Å². The molecule has 1 aromatic rings. The molecule has 1 aromatic carbocycles. The molecule has 0 aromatic heterocycles. The number of carboxylic acids is 1. The smallest absolute Gasteiger partial charge is 0.307 e. The highest BCUT2D eigenvalue weighted by atomic mass is 16.5. The monoisotopic (exact) mass is 187 g/mol. The molecule has 13 heavy (non-hydrogen) atoms. The van der Waals surface area contributed by atoms with Crippen molar-refractivity contribution >= 4 is 5.97 Å².